The Kier molecular flexibility index (Phi) is 8.93. The summed E-state index contributed by atoms with van der Waals surface area (Å²) in [7, 11) is 0. The number of hydrogen-bond donors (Lipinski definition) is 0. The van der Waals surface area contributed by atoms with Crippen LogP contribution in [0.2, 0.25) is 0 Å². The molecule has 3 unspecified atom stereocenters. The predicted octanol–water partition coefficient (Wildman–Crippen LogP) is 15.4. The van der Waals surface area contributed by atoms with Gasteiger partial charge in [-0.05, 0) is 147 Å². The zero-order chi connectivity index (χ0) is 43.4. The maximum Gasteiger partial charge on any atom is 0.164 e. The number of hydrogen-bond acceptors (Lipinski definition) is 5. The Labute approximate surface area is 382 Å². The van der Waals surface area contributed by atoms with Gasteiger partial charge in [-0.15, -0.1) is 0 Å². The van der Waals surface area contributed by atoms with Crippen molar-refractivity contribution in [3.63, 3.8) is 0 Å². The van der Waals surface area contributed by atoms with Gasteiger partial charge < -0.3 is 9.32 Å². The lowest BCUT2D eigenvalue weighted by atomic mass is 9.59. The number of nitrogens with zero attached hydrogens (tertiary/aromatic N) is 4. The van der Waals surface area contributed by atoms with Crippen molar-refractivity contribution in [3.05, 3.63) is 184 Å². The highest BCUT2D eigenvalue weighted by Gasteiger charge is 2.49. The summed E-state index contributed by atoms with van der Waals surface area (Å²) in [6, 6.07) is 49.0. The number of para-hydroxylation sites is 4. The van der Waals surface area contributed by atoms with E-state index in [0.29, 0.717) is 0 Å². The minimum absolute atomic E-state index is 0.00538. The second-order valence-electron chi connectivity index (χ2n) is 20.3. The molecule has 2 bridgehead atoms. The molecule has 0 amide bonds. The van der Waals surface area contributed by atoms with Crippen LogP contribution < -0.4 is 4.90 Å². The zero-order valence-corrected chi connectivity index (χ0v) is 37.9. The van der Waals surface area contributed by atoms with E-state index in [0.717, 1.165) is 98.2 Å². The first kappa shape index (κ1) is 39.1. The predicted molar refractivity (Wildman–Crippen MR) is 264 cm³/mol. The first-order valence-electron chi connectivity index (χ1n) is 24.5. The molecule has 2 aromatic heterocycles. The minimum atomic E-state index is -0.678. The van der Waals surface area contributed by atoms with Gasteiger partial charge in [-0.1, -0.05) is 135 Å². The summed E-state index contributed by atoms with van der Waals surface area (Å²) in [6.45, 7) is 6.93. The van der Waals surface area contributed by atoms with Crippen molar-refractivity contribution >= 4 is 44.6 Å². The lowest BCUT2D eigenvalue weighted by Crippen LogP contribution is -2.40. The smallest absolute Gasteiger partial charge is 0.164 e. The first-order chi connectivity index (χ1) is 31.9. The molecule has 322 valence electrons. The Morgan fingerprint density at radius 3 is 2.02 bits per heavy atom. The summed E-state index contributed by atoms with van der Waals surface area (Å²) < 4.78 is 6.91. The molecule has 0 spiro atoms. The van der Waals surface area contributed by atoms with Crippen molar-refractivity contribution < 1.29 is 4.42 Å². The molecule has 3 saturated carbocycles. The third kappa shape index (κ3) is 5.79. The van der Waals surface area contributed by atoms with Crippen LogP contribution in [0, 0.1) is 31.6 Å². The Morgan fingerprint density at radius 1 is 0.646 bits per heavy atom. The van der Waals surface area contributed by atoms with Crippen molar-refractivity contribution in [1.82, 2.24) is 15.0 Å². The lowest BCUT2D eigenvalue weighted by molar-refractivity contribution is 0.101. The molecule has 65 heavy (non-hydrogen) atoms. The SMILES string of the molecule is CCC1(c2nc(C3=C4CCCC4C3)nc(-c3c(C)cc(N4c5ccccc5C(c5ccccc5)(c5cccc6c5oc5ccccc56)c5ccccc54)cc3C)n2)CC2CCCC(C2)C1. The number of aromatic nitrogens is 3. The van der Waals surface area contributed by atoms with Crippen molar-refractivity contribution in [2.24, 2.45) is 17.8 Å². The van der Waals surface area contributed by atoms with Crippen molar-refractivity contribution in [1.29, 1.82) is 0 Å². The quantitative estimate of drug-likeness (QED) is 0.160. The van der Waals surface area contributed by atoms with Crippen LogP contribution in [0.25, 0.3) is 38.9 Å². The molecule has 5 nitrogen and oxygen atoms in total. The van der Waals surface area contributed by atoms with Crippen LogP contribution in [0.4, 0.5) is 17.1 Å². The monoisotopic (exact) mass is 848 g/mol. The molecule has 0 radical (unpaired) electrons. The number of rotatable bonds is 7. The van der Waals surface area contributed by atoms with E-state index < -0.39 is 5.41 Å². The van der Waals surface area contributed by atoms with Crippen LogP contribution in [0.3, 0.4) is 0 Å². The molecule has 5 heteroatoms. The number of benzene rings is 6. The van der Waals surface area contributed by atoms with Crippen LogP contribution in [-0.2, 0) is 10.8 Å². The molecule has 6 aromatic carbocycles. The Hall–Kier alpha value is -6.33. The minimum Gasteiger partial charge on any atom is -0.456 e. The van der Waals surface area contributed by atoms with Gasteiger partial charge in [0.15, 0.2) is 11.6 Å². The first-order valence-corrected chi connectivity index (χ1v) is 24.5. The fourth-order valence-electron chi connectivity index (χ4n) is 13.9. The fourth-order valence-corrected chi connectivity index (χ4v) is 13.9. The molecular weight excluding hydrogens is 793 g/mol. The van der Waals surface area contributed by atoms with E-state index in [4.69, 9.17) is 19.4 Å². The van der Waals surface area contributed by atoms with E-state index in [-0.39, 0.29) is 5.41 Å². The highest BCUT2D eigenvalue weighted by Crippen LogP contribution is 2.60. The second kappa shape index (κ2) is 14.9. The molecule has 0 saturated heterocycles. The Bertz CT molecular complexity index is 3150. The van der Waals surface area contributed by atoms with Crippen LogP contribution in [-0.4, -0.2) is 15.0 Å². The van der Waals surface area contributed by atoms with E-state index in [2.05, 4.69) is 159 Å². The summed E-state index contributed by atoms with van der Waals surface area (Å²) in [6.07, 6.45) is 13.9. The maximum atomic E-state index is 6.91. The van der Waals surface area contributed by atoms with Gasteiger partial charge in [-0.25, -0.2) is 15.0 Å². The van der Waals surface area contributed by atoms with Crippen molar-refractivity contribution in [2.45, 2.75) is 102 Å². The average Bonchev–Trinajstić information content (AvgIpc) is 3.90. The molecule has 13 rings (SSSR count). The second-order valence-corrected chi connectivity index (χ2v) is 20.3. The molecule has 1 aliphatic heterocycles. The number of allylic oxidation sites excluding steroid dienone is 2. The molecular formula is C60H56N4O. The van der Waals surface area contributed by atoms with Gasteiger partial charge >= 0.3 is 0 Å². The standard InChI is InChI=1S/C60H56N4O/c1-4-59(35-39-17-14-18-40(33-39)36-59)58-62-56(47-34-41-19-15-23-44(41)47)61-57(63-58)54-37(2)31-43(32-38(54)3)64-51-28-11-9-25-48(51)60(42-20-6-5-7-21-42,49-26-10-12-29-52(49)64)50-27-16-24-46-45-22-8-13-30-53(45)65-55(46)50/h5-13,16,20-22,24-32,39-41H,4,14-15,17-19,23,33-36H2,1-3H3. The molecule has 3 heterocycles. The largest absolute Gasteiger partial charge is 0.456 e. The maximum absolute atomic E-state index is 6.91. The van der Waals surface area contributed by atoms with Crippen molar-refractivity contribution in [3.8, 4) is 11.4 Å². The molecule has 4 aliphatic carbocycles. The van der Waals surface area contributed by atoms with E-state index in [1.54, 1.807) is 5.57 Å². The van der Waals surface area contributed by atoms with Gasteiger partial charge in [0.1, 0.15) is 17.0 Å². The summed E-state index contributed by atoms with van der Waals surface area (Å²) in [5.74, 6) is 5.16. The van der Waals surface area contributed by atoms with Gasteiger partial charge in [0.25, 0.3) is 0 Å². The van der Waals surface area contributed by atoms with E-state index >= 15 is 0 Å². The van der Waals surface area contributed by atoms with Crippen LogP contribution in [0.5, 0.6) is 0 Å². The zero-order valence-electron chi connectivity index (χ0n) is 37.9. The third-order valence-corrected chi connectivity index (χ3v) is 16.7. The van der Waals surface area contributed by atoms with Gasteiger partial charge in [0, 0.05) is 33.0 Å². The van der Waals surface area contributed by atoms with Crippen molar-refractivity contribution in [2.75, 3.05) is 4.90 Å². The number of fused-ring (bicyclic) bond motifs is 8. The third-order valence-electron chi connectivity index (χ3n) is 16.7. The Morgan fingerprint density at radius 2 is 1.29 bits per heavy atom. The van der Waals surface area contributed by atoms with Gasteiger partial charge in [0.05, 0.1) is 16.8 Å². The topological polar surface area (TPSA) is 55.1 Å². The molecule has 3 atom stereocenters. The van der Waals surface area contributed by atoms with Gasteiger partial charge in [-0.3, -0.25) is 0 Å². The van der Waals surface area contributed by atoms with Gasteiger partial charge in [-0.2, -0.15) is 0 Å². The fraction of sp³-hybridized carbons (Fsp3) is 0.317. The summed E-state index contributed by atoms with van der Waals surface area (Å²) in [5.41, 5.74) is 15.9. The molecule has 3 fully saturated rings. The van der Waals surface area contributed by atoms with Gasteiger partial charge in [0.2, 0.25) is 0 Å². The van der Waals surface area contributed by atoms with E-state index in [1.807, 2.05) is 0 Å². The molecule has 8 aromatic rings. The summed E-state index contributed by atoms with van der Waals surface area (Å²) in [5, 5.41) is 2.26. The average molecular weight is 849 g/mol. The van der Waals surface area contributed by atoms with E-state index in [1.165, 1.54) is 91.2 Å². The number of anilines is 3. The highest BCUT2D eigenvalue weighted by molar-refractivity contribution is 6.07. The molecule has 5 aliphatic rings. The molecule has 0 N–H and O–H groups in total. The van der Waals surface area contributed by atoms with Crippen LogP contribution in [0.15, 0.2) is 143 Å². The summed E-state index contributed by atoms with van der Waals surface area (Å²) >= 11 is 0. The highest BCUT2D eigenvalue weighted by atomic mass is 16.3. The number of aryl methyl sites for hydroxylation is 2. The summed E-state index contributed by atoms with van der Waals surface area (Å²) in [4.78, 5) is 19.1. The number of furan rings is 1. The van der Waals surface area contributed by atoms with Crippen LogP contribution in [0.1, 0.15) is 123 Å². The van der Waals surface area contributed by atoms with E-state index in [9.17, 15) is 0 Å². The van der Waals surface area contributed by atoms with Crippen LogP contribution >= 0.6 is 0 Å². The lowest BCUT2D eigenvalue weighted by Gasteiger charge is -2.46. The normalized spacial score (nSPS) is 23.0. The Balaban J connectivity index is 0.996.